The van der Waals surface area contributed by atoms with Crippen LogP contribution in [0.1, 0.15) is 34.4 Å². The summed E-state index contributed by atoms with van der Waals surface area (Å²) >= 11 is 0. The predicted molar refractivity (Wildman–Crippen MR) is 150 cm³/mol. The molecule has 0 aliphatic carbocycles. The molecular weight excluding hydrogens is 519 g/mol. The third kappa shape index (κ3) is 8.54. The molecule has 0 unspecified atom stereocenters. The maximum Gasteiger partial charge on any atom is 0.229 e. The van der Waals surface area contributed by atoms with E-state index in [-0.39, 0.29) is 29.8 Å². The smallest absolute Gasteiger partial charge is 0.229 e. The molecule has 4 N–H and O–H groups in total. The highest BCUT2D eigenvalue weighted by Gasteiger charge is 2.17. The van der Waals surface area contributed by atoms with E-state index in [4.69, 9.17) is 4.74 Å². The van der Waals surface area contributed by atoms with E-state index in [0.29, 0.717) is 18.6 Å². The average Bonchev–Trinajstić information content (AvgIpc) is 2.92. The highest BCUT2D eigenvalue weighted by atomic mass is 32.2. The first kappa shape index (κ1) is 28.1. The number of benzene rings is 4. The van der Waals surface area contributed by atoms with Gasteiger partial charge in [0.25, 0.3) is 0 Å². The van der Waals surface area contributed by atoms with Crippen LogP contribution in [0.3, 0.4) is 0 Å². The molecule has 0 aliphatic rings. The first-order chi connectivity index (χ1) is 18.7. The number of anilines is 1. The van der Waals surface area contributed by atoms with Gasteiger partial charge in [-0.05, 0) is 65.1 Å². The summed E-state index contributed by atoms with van der Waals surface area (Å²) in [6.07, 6.45) is 0.526. The van der Waals surface area contributed by atoms with Gasteiger partial charge < -0.3 is 20.3 Å². The van der Waals surface area contributed by atoms with Gasteiger partial charge >= 0.3 is 0 Å². The lowest BCUT2D eigenvalue weighted by molar-refractivity contribution is 0.169. The summed E-state index contributed by atoms with van der Waals surface area (Å²) in [5.41, 5.74) is 3.34. The van der Waals surface area contributed by atoms with Gasteiger partial charge in [0, 0.05) is 12.6 Å². The SMILES string of the molecule is CS(=O)(=O)Nc1cc([C@H](O)CN[C@H](Cc2ccc(F)cc2)c2ccc(OCc3ccccc3)cc2)ccc1O. The molecule has 204 valence electrons. The standard InChI is InChI=1S/C30H31FN2O5S/c1-39(36,37)33-28-18-24(11-16-29(28)34)30(35)19-32-27(17-21-7-12-25(31)13-8-21)23-9-14-26(15-10-23)38-20-22-5-3-2-4-6-22/h2-16,18,27,30,32-35H,17,19-20H2,1H3/t27-,30-/m1/s1. The largest absolute Gasteiger partial charge is 0.506 e. The van der Waals surface area contributed by atoms with Crippen molar-refractivity contribution in [1.82, 2.24) is 5.32 Å². The molecule has 0 radical (unpaired) electrons. The van der Waals surface area contributed by atoms with Crippen LogP contribution in [-0.4, -0.2) is 31.4 Å². The summed E-state index contributed by atoms with van der Waals surface area (Å²) in [4.78, 5) is 0. The minimum atomic E-state index is -3.61. The van der Waals surface area contributed by atoms with Crippen LogP contribution in [0, 0.1) is 5.82 Å². The first-order valence-electron chi connectivity index (χ1n) is 12.4. The molecule has 0 fully saturated rings. The number of rotatable bonds is 12. The molecule has 4 aromatic carbocycles. The van der Waals surface area contributed by atoms with Gasteiger partial charge in [-0.15, -0.1) is 0 Å². The van der Waals surface area contributed by atoms with E-state index in [1.807, 2.05) is 54.6 Å². The molecule has 0 saturated heterocycles. The number of hydrogen-bond acceptors (Lipinski definition) is 6. The molecule has 0 amide bonds. The lowest BCUT2D eigenvalue weighted by atomic mass is 9.98. The van der Waals surface area contributed by atoms with Gasteiger partial charge in [-0.2, -0.15) is 0 Å². The molecule has 2 atom stereocenters. The molecule has 39 heavy (non-hydrogen) atoms. The van der Waals surface area contributed by atoms with E-state index in [2.05, 4.69) is 10.0 Å². The molecule has 9 heteroatoms. The number of aliphatic hydroxyl groups excluding tert-OH is 1. The van der Waals surface area contributed by atoms with Gasteiger partial charge in [0.15, 0.2) is 0 Å². The zero-order chi connectivity index (χ0) is 27.8. The van der Waals surface area contributed by atoms with Gasteiger partial charge in [-0.1, -0.05) is 60.7 Å². The van der Waals surface area contributed by atoms with Crippen LogP contribution in [0.4, 0.5) is 10.1 Å². The molecule has 4 aromatic rings. The molecule has 0 aromatic heterocycles. The van der Waals surface area contributed by atoms with Crippen LogP contribution in [0.25, 0.3) is 0 Å². The first-order valence-corrected chi connectivity index (χ1v) is 14.3. The Morgan fingerprint density at radius 3 is 2.21 bits per heavy atom. The summed E-state index contributed by atoms with van der Waals surface area (Å²) in [6, 6.07) is 27.8. The maximum absolute atomic E-state index is 13.5. The Balaban J connectivity index is 1.48. The second kappa shape index (κ2) is 12.8. The number of halogens is 1. The van der Waals surface area contributed by atoms with E-state index in [9.17, 15) is 23.0 Å². The average molecular weight is 551 g/mol. The topological polar surface area (TPSA) is 108 Å². The fourth-order valence-corrected chi connectivity index (χ4v) is 4.68. The summed E-state index contributed by atoms with van der Waals surface area (Å²) in [5, 5.41) is 24.2. The van der Waals surface area contributed by atoms with Crippen LogP contribution in [0.2, 0.25) is 0 Å². The third-order valence-corrected chi connectivity index (χ3v) is 6.73. The number of hydrogen-bond donors (Lipinski definition) is 4. The minimum Gasteiger partial charge on any atom is -0.506 e. The van der Waals surface area contributed by atoms with Gasteiger partial charge in [-0.3, -0.25) is 4.72 Å². The Hall–Kier alpha value is -3.92. The van der Waals surface area contributed by atoms with Crippen molar-refractivity contribution in [3.05, 3.63) is 125 Å². The Kier molecular flexibility index (Phi) is 9.19. The highest BCUT2D eigenvalue weighted by Crippen LogP contribution is 2.29. The number of phenols is 1. The molecule has 0 aliphatic heterocycles. The summed E-state index contributed by atoms with van der Waals surface area (Å²) < 4.78 is 44.8. The van der Waals surface area contributed by atoms with Crippen molar-refractivity contribution in [1.29, 1.82) is 0 Å². The molecule has 7 nitrogen and oxygen atoms in total. The second-order valence-corrected chi connectivity index (χ2v) is 11.0. The molecule has 0 bridgehead atoms. The van der Waals surface area contributed by atoms with E-state index in [0.717, 1.165) is 28.7 Å². The number of aromatic hydroxyl groups is 1. The predicted octanol–water partition coefficient (Wildman–Crippen LogP) is 5.09. The van der Waals surface area contributed by atoms with Crippen molar-refractivity contribution < 1.29 is 27.8 Å². The number of sulfonamides is 1. The van der Waals surface area contributed by atoms with E-state index in [1.54, 1.807) is 12.1 Å². The number of phenolic OH excluding ortho intramolecular Hbond substituents is 1. The quantitative estimate of drug-likeness (QED) is 0.183. The summed E-state index contributed by atoms with van der Waals surface area (Å²) in [5.74, 6) is 0.163. The van der Waals surface area contributed by atoms with Crippen molar-refractivity contribution >= 4 is 15.7 Å². The second-order valence-electron chi connectivity index (χ2n) is 9.30. The highest BCUT2D eigenvalue weighted by molar-refractivity contribution is 7.92. The van der Waals surface area contributed by atoms with E-state index in [1.165, 1.54) is 30.3 Å². The van der Waals surface area contributed by atoms with E-state index >= 15 is 0 Å². The Morgan fingerprint density at radius 1 is 0.872 bits per heavy atom. The van der Waals surface area contributed by atoms with Crippen molar-refractivity contribution in [3.63, 3.8) is 0 Å². The molecule has 0 saturated carbocycles. The normalized spacial score (nSPS) is 13.0. The van der Waals surface area contributed by atoms with Crippen molar-refractivity contribution in [2.24, 2.45) is 0 Å². The molecule has 4 rings (SSSR count). The molecule has 0 spiro atoms. The lowest BCUT2D eigenvalue weighted by Gasteiger charge is -2.22. The summed E-state index contributed by atoms with van der Waals surface area (Å²) in [7, 11) is -3.61. The number of nitrogens with one attached hydrogen (secondary N) is 2. The zero-order valence-corrected chi connectivity index (χ0v) is 22.2. The Labute approximate surface area is 228 Å². The Morgan fingerprint density at radius 2 is 1.54 bits per heavy atom. The van der Waals surface area contributed by atoms with Gasteiger partial charge in [0.1, 0.15) is 23.9 Å². The van der Waals surface area contributed by atoms with Crippen LogP contribution in [0.5, 0.6) is 11.5 Å². The fraction of sp³-hybridized carbons (Fsp3) is 0.200. The maximum atomic E-state index is 13.5. The third-order valence-electron chi connectivity index (χ3n) is 6.14. The van der Waals surface area contributed by atoms with Crippen LogP contribution in [0.15, 0.2) is 97.1 Å². The number of aliphatic hydroxyl groups is 1. The summed E-state index contributed by atoms with van der Waals surface area (Å²) in [6.45, 7) is 0.591. The van der Waals surface area contributed by atoms with E-state index < -0.39 is 16.1 Å². The van der Waals surface area contributed by atoms with Crippen molar-refractivity contribution in [2.75, 3.05) is 17.5 Å². The Bertz CT molecular complexity index is 1460. The van der Waals surface area contributed by atoms with Crippen LogP contribution in [-0.2, 0) is 23.1 Å². The fourth-order valence-electron chi connectivity index (χ4n) is 4.12. The van der Waals surface area contributed by atoms with Crippen LogP contribution < -0.4 is 14.8 Å². The van der Waals surface area contributed by atoms with Crippen LogP contribution >= 0.6 is 0 Å². The molecule has 0 heterocycles. The van der Waals surface area contributed by atoms with Gasteiger partial charge in [-0.25, -0.2) is 12.8 Å². The lowest BCUT2D eigenvalue weighted by Crippen LogP contribution is -2.28. The van der Waals surface area contributed by atoms with Gasteiger partial charge in [0.05, 0.1) is 18.0 Å². The number of ether oxygens (including phenoxy) is 1. The minimum absolute atomic E-state index is 0.0111. The van der Waals surface area contributed by atoms with Gasteiger partial charge in [0.2, 0.25) is 10.0 Å². The monoisotopic (exact) mass is 550 g/mol. The molecular formula is C30H31FN2O5S. The zero-order valence-electron chi connectivity index (χ0n) is 21.4. The van der Waals surface area contributed by atoms with Crippen molar-refractivity contribution in [3.8, 4) is 11.5 Å². The van der Waals surface area contributed by atoms with Crippen molar-refractivity contribution in [2.45, 2.75) is 25.2 Å².